The average molecular weight is 297 g/mol. The second-order valence-corrected chi connectivity index (χ2v) is 6.51. The topological polar surface area (TPSA) is 75.6 Å². The molecule has 3 unspecified atom stereocenters. The van der Waals surface area contributed by atoms with Gasteiger partial charge in [-0.3, -0.25) is 9.59 Å². The number of carboxylic acid groups (broad SMARTS) is 1. The van der Waals surface area contributed by atoms with Gasteiger partial charge in [0.25, 0.3) is 0 Å². The maximum absolute atomic E-state index is 12.3. The Labute approximate surface area is 126 Å². The first kappa shape index (κ1) is 16.3. The second kappa shape index (κ2) is 7.78. The third-order valence-corrected chi connectivity index (χ3v) is 5.10. The molecule has 1 heterocycles. The normalized spacial score (nSPS) is 28.8. The molecule has 2 fully saturated rings. The van der Waals surface area contributed by atoms with Gasteiger partial charge < -0.3 is 15.2 Å². The van der Waals surface area contributed by atoms with Crippen LogP contribution in [0.3, 0.4) is 0 Å². The molecular formula is C16H27NO4. The number of aliphatic carboxylic acids is 1. The van der Waals surface area contributed by atoms with Crippen molar-refractivity contribution in [3.05, 3.63) is 0 Å². The number of carbonyl (C=O) groups is 2. The Balaban J connectivity index is 1.85. The summed E-state index contributed by atoms with van der Waals surface area (Å²) >= 11 is 0. The fourth-order valence-electron chi connectivity index (χ4n) is 3.62. The number of carbonyl (C=O) groups excluding carboxylic acids is 1. The summed E-state index contributed by atoms with van der Waals surface area (Å²) in [5, 5.41) is 12.3. The highest BCUT2D eigenvalue weighted by Gasteiger charge is 2.32. The smallest absolute Gasteiger partial charge is 0.308 e. The fraction of sp³-hybridized carbons (Fsp3) is 0.875. The Bertz CT molecular complexity index is 365. The molecule has 2 aliphatic rings. The molecule has 1 aliphatic carbocycles. The van der Waals surface area contributed by atoms with E-state index in [0.717, 1.165) is 32.1 Å². The molecule has 5 heteroatoms. The number of ether oxygens (including phenoxy) is 1. The van der Waals surface area contributed by atoms with Gasteiger partial charge in [0.1, 0.15) is 0 Å². The summed E-state index contributed by atoms with van der Waals surface area (Å²) in [6.07, 6.45) is 5.87. The second-order valence-electron chi connectivity index (χ2n) is 6.51. The lowest BCUT2D eigenvalue weighted by molar-refractivity contribution is -0.145. The summed E-state index contributed by atoms with van der Waals surface area (Å²) in [6.45, 7) is 3.63. The number of nitrogens with one attached hydrogen (secondary N) is 1. The number of hydrogen-bond acceptors (Lipinski definition) is 3. The van der Waals surface area contributed by atoms with Crippen LogP contribution in [-0.2, 0) is 14.3 Å². The molecule has 1 saturated carbocycles. The summed E-state index contributed by atoms with van der Waals surface area (Å²) in [5.74, 6) is -0.676. The third-order valence-electron chi connectivity index (χ3n) is 5.10. The number of carboxylic acids is 1. The highest BCUT2D eigenvalue weighted by molar-refractivity contribution is 5.80. The van der Waals surface area contributed by atoms with Gasteiger partial charge in [0.15, 0.2) is 0 Å². The van der Waals surface area contributed by atoms with Gasteiger partial charge in [0.2, 0.25) is 5.91 Å². The predicted octanol–water partition coefficient (Wildman–Crippen LogP) is 2.06. The quantitative estimate of drug-likeness (QED) is 0.814. The van der Waals surface area contributed by atoms with Crippen molar-refractivity contribution in [1.29, 1.82) is 0 Å². The van der Waals surface area contributed by atoms with Crippen molar-refractivity contribution in [2.24, 2.45) is 23.7 Å². The van der Waals surface area contributed by atoms with Gasteiger partial charge in [-0.2, -0.15) is 0 Å². The van der Waals surface area contributed by atoms with E-state index in [4.69, 9.17) is 4.74 Å². The fourth-order valence-corrected chi connectivity index (χ4v) is 3.62. The number of hydrogen-bond donors (Lipinski definition) is 2. The van der Waals surface area contributed by atoms with E-state index < -0.39 is 11.9 Å². The SMILES string of the molecule is CC1CCCCC1C(=O)NCC(C(=O)O)C1CCOCC1. The first-order chi connectivity index (χ1) is 10.1. The van der Waals surface area contributed by atoms with Crippen LogP contribution in [0.1, 0.15) is 45.4 Å². The monoisotopic (exact) mass is 297 g/mol. The zero-order valence-electron chi connectivity index (χ0n) is 12.8. The van der Waals surface area contributed by atoms with Crippen molar-refractivity contribution in [1.82, 2.24) is 5.32 Å². The van der Waals surface area contributed by atoms with Gasteiger partial charge in [-0.25, -0.2) is 0 Å². The minimum Gasteiger partial charge on any atom is -0.481 e. The molecule has 5 nitrogen and oxygen atoms in total. The maximum Gasteiger partial charge on any atom is 0.308 e. The van der Waals surface area contributed by atoms with E-state index in [1.807, 2.05) is 0 Å². The van der Waals surface area contributed by atoms with Gasteiger partial charge in [-0.15, -0.1) is 0 Å². The van der Waals surface area contributed by atoms with E-state index in [-0.39, 0.29) is 24.3 Å². The molecule has 120 valence electrons. The molecule has 21 heavy (non-hydrogen) atoms. The Morgan fingerprint density at radius 3 is 2.48 bits per heavy atom. The Hall–Kier alpha value is -1.10. The summed E-state index contributed by atoms with van der Waals surface area (Å²) in [5.41, 5.74) is 0. The molecule has 1 aliphatic heterocycles. The van der Waals surface area contributed by atoms with Gasteiger partial charge >= 0.3 is 5.97 Å². The van der Waals surface area contributed by atoms with Crippen molar-refractivity contribution >= 4 is 11.9 Å². The van der Waals surface area contributed by atoms with E-state index in [2.05, 4.69) is 12.2 Å². The van der Waals surface area contributed by atoms with Crippen LogP contribution in [0.5, 0.6) is 0 Å². The van der Waals surface area contributed by atoms with Crippen molar-refractivity contribution in [2.45, 2.75) is 45.4 Å². The highest BCUT2D eigenvalue weighted by atomic mass is 16.5. The molecule has 0 aromatic carbocycles. The van der Waals surface area contributed by atoms with Crippen LogP contribution in [0.15, 0.2) is 0 Å². The molecule has 2 N–H and O–H groups in total. The van der Waals surface area contributed by atoms with Crippen LogP contribution in [0.25, 0.3) is 0 Å². The summed E-state index contributed by atoms with van der Waals surface area (Å²) in [7, 11) is 0. The molecule has 2 rings (SSSR count). The lowest BCUT2D eigenvalue weighted by Gasteiger charge is -2.30. The van der Waals surface area contributed by atoms with Gasteiger partial charge in [-0.05, 0) is 37.5 Å². The van der Waals surface area contributed by atoms with Crippen LogP contribution in [0.2, 0.25) is 0 Å². The van der Waals surface area contributed by atoms with Crippen LogP contribution >= 0.6 is 0 Å². The Kier molecular flexibility index (Phi) is 6.03. The molecule has 1 saturated heterocycles. The summed E-state index contributed by atoms with van der Waals surface area (Å²) < 4.78 is 5.28. The van der Waals surface area contributed by atoms with Crippen molar-refractivity contribution in [3.63, 3.8) is 0 Å². The first-order valence-electron chi connectivity index (χ1n) is 8.18. The Morgan fingerprint density at radius 2 is 1.86 bits per heavy atom. The standard InChI is InChI=1S/C16H27NO4/c1-11-4-2-3-5-13(11)15(18)17-10-14(16(19)20)12-6-8-21-9-7-12/h11-14H,2-10H2,1H3,(H,17,18)(H,19,20). The van der Waals surface area contributed by atoms with Gasteiger partial charge in [0, 0.05) is 25.7 Å². The number of rotatable bonds is 5. The van der Waals surface area contributed by atoms with E-state index >= 15 is 0 Å². The molecule has 0 aromatic heterocycles. The molecule has 0 spiro atoms. The molecule has 0 radical (unpaired) electrons. The molecular weight excluding hydrogens is 270 g/mol. The average Bonchev–Trinajstić information content (AvgIpc) is 2.48. The van der Waals surface area contributed by atoms with Gasteiger partial charge in [-0.1, -0.05) is 19.8 Å². The van der Waals surface area contributed by atoms with E-state index in [9.17, 15) is 14.7 Å². The molecule has 3 atom stereocenters. The largest absolute Gasteiger partial charge is 0.481 e. The van der Waals surface area contributed by atoms with E-state index in [1.54, 1.807) is 0 Å². The van der Waals surface area contributed by atoms with Crippen LogP contribution < -0.4 is 5.32 Å². The minimum absolute atomic E-state index is 0.0421. The van der Waals surface area contributed by atoms with E-state index in [0.29, 0.717) is 19.1 Å². The highest BCUT2D eigenvalue weighted by Crippen LogP contribution is 2.30. The predicted molar refractivity (Wildman–Crippen MR) is 78.8 cm³/mol. The number of amides is 1. The molecule has 0 bridgehead atoms. The summed E-state index contributed by atoms with van der Waals surface area (Å²) in [6, 6.07) is 0. The van der Waals surface area contributed by atoms with Gasteiger partial charge in [0.05, 0.1) is 5.92 Å². The van der Waals surface area contributed by atoms with Crippen LogP contribution in [-0.4, -0.2) is 36.7 Å². The van der Waals surface area contributed by atoms with Crippen molar-refractivity contribution in [3.8, 4) is 0 Å². The summed E-state index contributed by atoms with van der Waals surface area (Å²) in [4.78, 5) is 23.7. The van der Waals surface area contributed by atoms with Crippen LogP contribution in [0, 0.1) is 23.7 Å². The lowest BCUT2D eigenvalue weighted by atomic mass is 9.79. The third kappa shape index (κ3) is 4.43. The van der Waals surface area contributed by atoms with Crippen molar-refractivity contribution in [2.75, 3.05) is 19.8 Å². The lowest BCUT2D eigenvalue weighted by Crippen LogP contribution is -2.42. The minimum atomic E-state index is -0.807. The zero-order valence-corrected chi connectivity index (χ0v) is 12.8. The molecule has 0 aromatic rings. The molecule has 1 amide bonds. The van der Waals surface area contributed by atoms with E-state index in [1.165, 1.54) is 6.42 Å². The Morgan fingerprint density at radius 1 is 1.19 bits per heavy atom. The van der Waals surface area contributed by atoms with Crippen LogP contribution in [0.4, 0.5) is 0 Å². The zero-order chi connectivity index (χ0) is 15.2. The van der Waals surface area contributed by atoms with Crippen molar-refractivity contribution < 1.29 is 19.4 Å². The maximum atomic E-state index is 12.3. The first-order valence-corrected chi connectivity index (χ1v) is 8.18.